The maximum Gasteiger partial charge on any atom is 0.416 e. The van der Waals surface area contributed by atoms with Gasteiger partial charge in [-0.15, -0.1) is 11.3 Å². The van der Waals surface area contributed by atoms with Gasteiger partial charge in [-0.2, -0.15) is 13.2 Å². The van der Waals surface area contributed by atoms with Gasteiger partial charge in [-0.1, -0.05) is 19.1 Å². The molecule has 1 aliphatic carbocycles. The Hall–Kier alpha value is -2.39. The van der Waals surface area contributed by atoms with Crippen LogP contribution in [0.15, 0.2) is 24.3 Å². The molecule has 1 N–H and O–H groups in total. The van der Waals surface area contributed by atoms with Crippen LogP contribution < -0.4 is 5.32 Å². The van der Waals surface area contributed by atoms with Crippen LogP contribution in [0.3, 0.4) is 0 Å². The molecule has 5 nitrogen and oxygen atoms in total. The number of amides is 1. The molecule has 1 amide bonds. The average molecular weight is 483 g/mol. The smallest absolute Gasteiger partial charge is 0.416 e. The quantitative estimate of drug-likeness (QED) is 0.528. The van der Waals surface area contributed by atoms with Crippen LogP contribution in [0.5, 0.6) is 0 Å². The predicted octanol–water partition coefficient (Wildman–Crippen LogP) is 5.53. The van der Waals surface area contributed by atoms with Crippen molar-refractivity contribution in [1.82, 2.24) is 4.90 Å². The molecule has 1 aromatic heterocycles. The minimum Gasteiger partial charge on any atom is -0.462 e. The van der Waals surface area contributed by atoms with Crippen molar-refractivity contribution in [2.75, 3.05) is 19.0 Å². The van der Waals surface area contributed by atoms with Crippen LogP contribution in [0.2, 0.25) is 0 Å². The first kappa shape index (κ1) is 25.2. The molecule has 1 aromatic carbocycles. The monoisotopic (exact) mass is 482 g/mol. The Morgan fingerprint density at radius 1 is 1.27 bits per heavy atom. The Balaban J connectivity index is 1.73. The number of benzene rings is 1. The highest BCUT2D eigenvalue weighted by molar-refractivity contribution is 7.17. The van der Waals surface area contributed by atoms with Gasteiger partial charge in [0.2, 0.25) is 5.91 Å². The first-order valence-electron chi connectivity index (χ1n) is 11.0. The molecular weight excluding hydrogens is 453 g/mol. The number of thiophene rings is 1. The van der Waals surface area contributed by atoms with E-state index in [1.54, 1.807) is 25.8 Å². The minimum absolute atomic E-state index is 0.250. The van der Waals surface area contributed by atoms with Gasteiger partial charge in [0.1, 0.15) is 5.00 Å². The maximum absolute atomic E-state index is 13.0. The van der Waals surface area contributed by atoms with E-state index in [-0.39, 0.29) is 12.5 Å². The van der Waals surface area contributed by atoms with Gasteiger partial charge in [0, 0.05) is 11.4 Å². The molecule has 0 unspecified atom stereocenters. The van der Waals surface area contributed by atoms with Crippen molar-refractivity contribution in [3.8, 4) is 0 Å². The SMILES string of the molecule is CCOC(=O)c1c(NC(=O)[C@H](C)N(C)Cc2ccc(C(F)(F)F)cc2)sc2c1CC[C@@H](C)C2. The second-order valence-corrected chi connectivity index (χ2v) is 9.66. The first-order chi connectivity index (χ1) is 15.5. The molecule has 33 heavy (non-hydrogen) atoms. The number of fused-ring (bicyclic) bond motifs is 1. The topological polar surface area (TPSA) is 58.6 Å². The summed E-state index contributed by atoms with van der Waals surface area (Å²) in [6.07, 6.45) is -1.76. The first-order valence-corrected chi connectivity index (χ1v) is 11.8. The summed E-state index contributed by atoms with van der Waals surface area (Å²) in [7, 11) is 1.73. The summed E-state index contributed by atoms with van der Waals surface area (Å²) in [6, 6.07) is 4.34. The number of hydrogen-bond acceptors (Lipinski definition) is 5. The molecule has 0 fully saturated rings. The third-order valence-corrected chi connectivity index (χ3v) is 7.15. The summed E-state index contributed by atoms with van der Waals surface area (Å²) in [4.78, 5) is 28.5. The van der Waals surface area contributed by atoms with E-state index < -0.39 is 23.8 Å². The van der Waals surface area contributed by atoms with Gasteiger partial charge in [-0.25, -0.2) is 4.79 Å². The van der Waals surface area contributed by atoms with Crippen molar-refractivity contribution >= 4 is 28.2 Å². The molecule has 0 spiro atoms. The van der Waals surface area contributed by atoms with E-state index in [0.29, 0.717) is 28.6 Å². The van der Waals surface area contributed by atoms with Gasteiger partial charge < -0.3 is 10.1 Å². The number of ether oxygens (including phenoxy) is 1. The lowest BCUT2D eigenvalue weighted by Crippen LogP contribution is -2.39. The number of carbonyl (C=O) groups excluding carboxylic acids is 2. The number of halogens is 3. The molecule has 0 saturated carbocycles. The Morgan fingerprint density at radius 3 is 2.55 bits per heavy atom. The lowest BCUT2D eigenvalue weighted by Gasteiger charge is -2.24. The van der Waals surface area contributed by atoms with Crippen molar-refractivity contribution in [2.24, 2.45) is 5.92 Å². The number of carbonyl (C=O) groups is 2. The number of nitrogens with zero attached hydrogens (tertiary/aromatic N) is 1. The normalized spacial score (nSPS) is 16.9. The molecule has 3 rings (SSSR count). The Kier molecular flexibility index (Phi) is 7.84. The molecule has 0 radical (unpaired) electrons. The molecule has 0 aliphatic heterocycles. The summed E-state index contributed by atoms with van der Waals surface area (Å²) in [5.74, 6) is -0.198. The summed E-state index contributed by atoms with van der Waals surface area (Å²) in [5, 5.41) is 3.41. The zero-order valence-corrected chi connectivity index (χ0v) is 20.0. The van der Waals surface area contributed by atoms with Crippen molar-refractivity contribution in [1.29, 1.82) is 0 Å². The van der Waals surface area contributed by atoms with E-state index in [0.717, 1.165) is 41.8 Å². The fraction of sp³-hybridized carbons (Fsp3) is 0.500. The van der Waals surface area contributed by atoms with E-state index >= 15 is 0 Å². The lowest BCUT2D eigenvalue weighted by molar-refractivity contribution is -0.137. The number of likely N-dealkylation sites (N-methyl/N-ethyl adjacent to an activating group) is 1. The van der Waals surface area contributed by atoms with E-state index in [2.05, 4.69) is 12.2 Å². The van der Waals surface area contributed by atoms with Gasteiger partial charge >= 0.3 is 12.1 Å². The van der Waals surface area contributed by atoms with Crippen molar-refractivity contribution in [3.05, 3.63) is 51.4 Å². The number of rotatable bonds is 7. The maximum atomic E-state index is 13.0. The van der Waals surface area contributed by atoms with Gasteiger partial charge in [-0.3, -0.25) is 9.69 Å². The molecule has 2 atom stereocenters. The van der Waals surface area contributed by atoms with Gasteiger partial charge in [0.15, 0.2) is 0 Å². The van der Waals surface area contributed by atoms with E-state index in [4.69, 9.17) is 4.74 Å². The highest BCUT2D eigenvalue weighted by atomic mass is 32.1. The number of hydrogen-bond donors (Lipinski definition) is 1. The third kappa shape index (κ3) is 5.95. The summed E-state index contributed by atoms with van der Waals surface area (Å²) in [6.45, 7) is 6.19. The minimum atomic E-state index is -4.38. The second kappa shape index (κ2) is 10.3. The number of anilines is 1. The van der Waals surface area contributed by atoms with Crippen LogP contribution in [-0.4, -0.2) is 36.5 Å². The molecule has 0 bridgehead atoms. The summed E-state index contributed by atoms with van der Waals surface area (Å²) >= 11 is 1.43. The Morgan fingerprint density at radius 2 is 1.94 bits per heavy atom. The number of alkyl halides is 3. The van der Waals surface area contributed by atoms with Crippen LogP contribution in [0.1, 0.15) is 59.1 Å². The lowest BCUT2D eigenvalue weighted by atomic mass is 9.88. The Bertz CT molecular complexity index is 1000. The molecule has 2 aromatic rings. The standard InChI is InChI=1S/C24H29F3N2O3S/c1-5-32-23(31)20-18-11-6-14(2)12-19(18)33-22(20)28-21(30)15(3)29(4)13-16-7-9-17(10-8-16)24(25,26)27/h7-10,14-15H,5-6,11-13H2,1-4H3,(H,28,30)/t14-,15+/m1/s1. The highest BCUT2D eigenvalue weighted by Crippen LogP contribution is 2.40. The fourth-order valence-electron chi connectivity index (χ4n) is 3.90. The van der Waals surface area contributed by atoms with Crippen molar-refractivity contribution in [3.63, 3.8) is 0 Å². The molecule has 0 saturated heterocycles. The number of nitrogens with one attached hydrogen (secondary N) is 1. The van der Waals surface area contributed by atoms with Crippen LogP contribution in [0.4, 0.5) is 18.2 Å². The van der Waals surface area contributed by atoms with Crippen molar-refractivity contribution in [2.45, 2.75) is 58.8 Å². The van der Waals surface area contributed by atoms with Gasteiger partial charge in [0.05, 0.1) is 23.8 Å². The van der Waals surface area contributed by atoms with Crippen LogP contribution in [-0.2, 0) is 35.1 Å². The van der Waals surface area contributed by atoms with E-state index in [1.165, 1.54) is 23.5 Å². The van der Waals surface area contributed by atoms with Crippen molar-refractivity contribution < 1.29 is 27.5 Å². The average Bonchev–Trinajstić information content (AvgIpc) is 3.09. The van der Waals surface area contributed by atoms with Gasteiger partial charge in [-0.05, 0) is 69.3 Å². The van der Waals surface area contributed by atoms with E-state index in [1.807, 2.05) is 0 Å². The fourth-order valence-corrected chi connectivity index (χ4v) is 5.30. The molecular formula is C24H29F3N2O3S. The molecule has 180 valence electrons. The van der Waals surface area contributed by atoms with Crippen LogP contribution >= 0.6 is 11.3 Å². The predicted molar refractivity (Wildman–Crippen MR) is 122 cm³/mol. The molecule has 1 aliphatic rings. The van der Waals surface area contributed by atoms with E-state index in [9.17, 15) is 22.8 Å². The Labute approximate surface area is 195 Å². The van der Waals surface area contributed by atoms with Crippen LogP contribution in [0.25, 0.3) is 0 Å². The summed E-state index contributed by atoms with van der Waals surface area (Å²) in [5.41, 5.74) is 1.38. The van der Waals surface area contributed by atoms with Crippen LogP contribution in [0, 0.1) is 5.92 Å². The van der Waals surface area contributed by atoms with Gasteiger partial charge in [0.25, 0.3) is 0 Å². The third-order valence-electron chi connectivity index (χ3n) is 5.98. The number of esters is 1. The largest absolute Gasteiger partial charge is 0.462 e. The summed E-state index contributed by atoms with van der Waals surface area (Å²) < 4.78 is 43.6. The highest BCUT2D eigenvalue weighted by Gasteiger charge is 2.31. The zero-order valence-electron chi connectivity index (χ0n) is 19.2. The molecule has 1 heterocycles. The second-order valence-electron chi connectivity index (χ2n) is 8.55. The zero-order chi connectivity index (χ0) is 24.3. The molecule has 9 heteroatoms.